The van der Waals surface area contributed by atoms with E-state index in [0.29, 0.717) is 61.4 Å². The summed E-state index contributed by atoms with van der Waals surface area (Å²) >= 11 is 0. The maximum Gasteiger partial charge on any atom is 0.225 e. The monoisotopic (exact) mass is 517 g/mol. The van der Waals surface area contributed by atoms with Crippen molar-refractivity contribution >= 4 is 34.7 Å². The summed E-state index contributed by atoms with van der Waals surface area (Å²) in [5.74, 6) is -2.76. The molecule has 0 unspecified atom stereocenters. The minimum Gasteiger partial charge on any atom is -0.394 e. The molecule has 1 aromatic carbocycles. The summed E-state index contributed by atoms with van der Waals surface area (Å²) in [7, 11) is 0. The molecule has 2 fully saturated rings. The highest BCUT2D eigenvalue weighted by molar-refractivity contribution is 5.79. The van der Waals surface area contributed by atoms with Crippen LogP contribution in [0.4, 0.5) is 30.8 Å². The third-order valence-corrected chi connectivity index (χ3v) is 7.08. The number of imidazole rings is 1. The summed E-state index contributed by atoms with van der Waals surface area (Å²) < 4.78 is 44.2. The number of fused-ring (bicyclic) bond motifs is 1. The van der Waals surface area contributed by atoms with E-state index in [4.69, 9.17) is 0 Å². The van der Waals surface area contributed by atoms with Gasteiger partial charge in [-0.05, 0) is 44.9 Å². The molecular formula is C25H30F3N7O2. The predicted molar refractivity (Wildman–Crippen MR) is 132 cm³/mol. The van der Waals surface area contributed by atoms with Crippen LogP contribution in [-0.2, 0) is 4.79 Å². The summed E-state index contributed by atoms with van der Waals surface area (Å²) in [4.78, 5) is 25.9. The molecule has 0 radical (unpaired) electrons. The molecule has 0 bridgehead atoms. The highest BCUT2D eigenvalue weighted by atomic mass is 19.1. The van der Waals surface area contributed by atoms with Crippen LogP contribution >= 0.6 is 0 Å². The van der Waals surface area contributed by atoms with E-state index < -0.39 is 23.1 Å². The number of aliphatic hydroxyl groups excluding tert-OH is 1. The van der Waals surface area contributed by atoms with Crippen LogP contribution in [0.1, 0.15) is 57.9 Å². The summed E-state index contributed by atoms with van der Waals surface area (Å²) in [5, 5.41) is 18.4. The van der Waals surface area contributed by atoms with Crippen molar-refractivity contribution in [3.8, 4) is 0 Å². The van der Waals surface area contributed by atoms with E-state index in [1.807, 2.05) is 6.92 Å². The lowest BCUT2D eigenvalue weighted by Crippen LogP contribution is -2.35. The molecule has 37 heavy (non-hydrogen) atoms. The molecule has 2 aromatic heterocycles. The van der Waals surface area contributed by atoms with Crippen molar-refractivity contribution in [1.82, 2.24) is 24.8 Å². The summed E-state index contributed by atoms with van der Waals surface area (Å²) in [6.45, 7) is 1.82. The average molecular weight is 518 g/mol. The van der Waals surface area contributed by atoms with Gasteiger partial charge in [0, 0.05) is 30.1 Å². The second-order valence-corrected chi connectivity index (χ2v) is 9.80. The fraction of sp³-hybridized carbons (Fsp3) is 0.520. The minimum absolute atomic E-state index is 0.0775. The number of carbonyl (C=O) groups excluding carboxylic acids is 1. The topological polar surface area (TPSA) is 117 Å². The van der Waals surface area contributed by atoms with Crippen LogP contribution in [0.2, 0.25) is 0 Å². The largest absolute Gasteiger partial charge is 0.394 e. The van der Waals surface area contributed by atoms with Crippen molar-refractivity contribution in [2.45, 2.75) is 70.0 Å². The van der Waals surface area contributed by atoms with Crippen LogP contribution in [0.5, 0.6) is 0 Å². The number of nitrogens with one attached hydrogen (secondary N) is 3. The molecule has 5 rings (SSSR count). The number of anilines is 3. The second kappa shape index (κ2) is 10.5. The van der Waals surface area contributed by atoms with Gasteiger partial charge in [-0.25, -0.2) is 23.1 Å². The summed E-state index contributed by atoms with van der Waals surface area (Å²) in [5.41, 5.74) is 0.330. The van der Waals surface area contributed by atoms with Gasteiger partial charge in [0.05, 0.1) is 18.8 Å². The maximum absolute atomic E-state index is 14.5. The van der Waals surface area contributed by atoms with E-state index in [1.54, 1.807) is 4.57 Å². The predicted octanol–water partition coefficient (Wildman–Crippen LogP) is 4.18. The normalized spacial score (nSPS) is 20.6. The Kier molecular flexibility index (Phi) is 7.18. The van der Waals surface area contributed by atoms with Crippen molar-refractivity contribution in [1.29, 1.82) is 0 Å². The fourth-order valence-electron chi connectivity index (χ4n) is 4.77. The molecular weight excluding hydrogens is 487 g/mol. The number of amides is 1. The van der Waals surface area contributed by atoms with Crippen molar-refractivity contribution < 1.29 is 23.1 Å². The highest BCUT2D eigenvalue weighted by Crippen LogP contribution is 2.38. The van der Waals surface area contributed by atoms with Crippen LogP contribution in [0, 0.1) is 23.4 Å². The number of hydrogen-bond donors (Lipinski definition) is 4. The third-order valence-electron chi connectivity index (χ3n) is 7.08. The van der Waals surface area contributed by atoms with Gasteiger partial charge in [0.25, 0.3) is 0 Å². The molecule has 1 amide bonds. The number of nitrogens with zero attached hydrogens (tertiary/aromatic N) is 4. The SMILES string of the molecule is CC[C@@H](CO)Nc1ncc2nc(Nc3c(F)cc(F)cc3F)n([C@H]3CC[C@@H](C(=O)NC4CC4)CC3)c2n1. The van der Waals surface area contributed by atoms with Crippen LogP contribution in [0.3, 0.4) is 0 Å². The molecule has 0 saturated heterocycles. The molecule has 2 heterocycles. The molecule has 0 aliphatic heterocycles. The summed E-state index contributed by atoms with van der Waals surface area (Å²) in [6, 6.07) is 1.11. The first kappa shape index (κ1) is 25.2. The Labute approximate surface area is 211 Å². The van der Waals surface area contributed by atoms with Gasteiger partial charge in [-0.3, -0.25) is 9.36 Å². The van der Waals surface area contributed by atoms with Gasteiger partial charge in [-0.2, -0.15) is 4.98 Å². The zero-order valence-electron chi connectivity index (χ0n) is 20.5. The first-order chi connectivity index (χ1) is 17.9. The minimum atomic E-state index is -1.08. The van der Waals surface area contributed by atoms with Gasteiger partial charge >= 0.3 is 0 Å². The molecule has 198 valence electrons. The van der Waals surface area contributed by atoms with E-state index in [0.717, 1.165) is 12.8 Å². The van der Waals surface area contributed by atoms with E-state index >= 15 is 0 Å². The Balaban J connectivity index is 1.48. The zero-order valence-corrected chi connectivity index (χ0v) is 20.5. The Morgan fingerprint density at radius 3 is 2.43 bits per heavy atom. The molecule has 4 N–H and O–H groups in total. The first-order valence-electron chi connectivity index (χ1n) is 12.7. The zero-order chi connectivity index (χ0) is 26.1. The van der Waals surface area contributed by atoms with E-state index in [9.17, 15) is 23.1 Å². The maximum atomic E-state index is 14.5. The Bertz CT molecular complexity index is 1260. The molecule has 1 atom stereocenters. The lowest BCUT2D eigenvalue weighted by Gasteiger charge is -2.30. The summed E-state index contributed by atoms with van der Waals surface area (Å²) in [6.07, 6.45) is 6.79. The molecule has 12 heteroatoms. The molecule has 2 saturated carbocycles. The quantitative estimate of drug-likeness (QED) is 0.336. The number of rotatable bonds is 9. The lowest BCUT2D eigenvalue weighted by atomic mass is 9.85. The van der Waals surface area contributed by atoms with E-state index in [2.05, 4.69) is 30.9 Å². The molecule has 2 aliphatic rings. The third kappa shape index (κ3) is 5.48. The van der Waals surface area contributed by atoms with Crippen LogP contribution < -0.4 is 16.0 Å². The number of hydrogen-bond acceptors (Lipinski definition) is 7. The van der Waals surface area contributed by atoms with E-state index in [1.165, 1.54) is 6.20 Å². The van der Waals surface area contributed by atoms with Gasteiger partial charge in [0.1, 0.15) is 17.0 Å². The number of aliphatic hydroxyl groups is 1. The van der Waals surface area contributed by atoms with Crippen molar-refractivity contribution in [2.75, 3.05) is 17.2 Å². The van der Waals surface area contributed by atoms with Crippen molar-refractivity contribution in [3.63, 3.8) is 0 Å². The number of benzene rings is 1. The fourth-order valence-corrected chi connectivity index (χ4v) is 4.77. The van der Waals surface area contributed by atoms with Gasteiger partial charge in [0.15, 0.2) is 17.3 Å². The first-order valence-corrected chi connectivity index (χ1v) is 12.7. The van der Waals surface area contributed by atoms with Gasteiger partial charge < -0.3 is 21.1 Å². The van der Waals surface area contributed by atoms with Crippen LogP contribution in [-0.4, -0.2) is 49.2 Å². The lowest BCUT2D eigenvalue weighted by molar-refractivity contribution is -0.126. The Morgan fingerprint density at radius 2 is 1.81 bits per heavy atom. The highest BCUT2D eigenvalue weighted by Gasteiger charge is 2.33. The number of carbonyl (C=O) groups is 1. The molecule has 3 aromatic rings. The molecule has 0 spiro atoms. The molecule has 2 aliphatic carbocycles. The smallest absolute Gasteiger partial charge is 0.225 e. The second-order valence-electron chi connectivity index (χ2n) is 9.80. The Morgan fingerprint density at radius 1 is 1.11 bits per heavy atom. The number of aromatic nitrogens is 4. The van der Waals surface area contributed by atoms with Crippen LogP contribution in [0.15, 0.2) is 18.3 Å². The van der Waals surface area contributed by atoms with Gasteiger partial charge in [0.2, 0.25) is 17.8 Å². The van der Waals surface area contributed by atoms with Crippen molar-refractivity contribution in [3.05, 3.63) is 35.8 Å². The van der Waals surface area contributed by atoms with Crippen LogP contribution in [0.25, 0.3) is 11.2 Å². The van der Waals surface area contributed by atoms with Gasteiger partial charge in [-0.1, -0.05) is 6.92 Å². The van der Waals surface area contributed by atoms with Gasteiger partial charge in [-0.15, -0.1) is 0 Å². The van der Waals surface area contributed by atoms with Crippen molar-refractivity contribution in [2.24, 2.45) is 5.92 Å². The average Bonchev–Trinajstić information content (AvgIpc) is 3.62. The standard InChI is InChI=1S/C25H30F3N7O2/c1-2-15(12-36)31-24-29-11-20-22(34-24)35(17-7-3-13(4-8-17)23(37)30-16-5-6-16)25(32-20)33-21-18(27)9-14(26)10-19(21)28/h9-11,13,15-17,36H,2-8,12H2,1H3,(H,30,37)(H,32,33)(H,29,31,34)/t13-,15-,17+/m0/s1. The number of halogens is 3. The molecule has 9 nitrogen and oxygen atoms in total. The Hall–Kier alpha value is -3.41. The van der Waals surface area contributed by atoms with E-state index in [-0.39, 0.29) is 42.4 Å².